The van der Waals surface area contributed by atoms with Crippen LogP contribution in [0, 0.1) is 13.8 Å². The van der Waals surface area contributed by atoms with Gasteiger partial charge >= 0.3 is 0 Å². The maximum atomic E-state index is 5.57. The van der Waals surface area contributed by atoms with Crippen LogP contribution in [0.4, 0.5) is 17.3 Å². The topological polar surface area (TPSA) is 76.5 Å². The molecule has 2 aromatic rings. The molecule has 0 atom stereocenters. The van der Waals surface area contributed by atoms with Crippen LogP contribution in [0.15, 0.2) is 37.4 Å². The molecule has 1 aromatic heterocycles. The van der Waals surface area contributed by atoms with Gasteiger partial charge in [0.2, 0.25) is 5.95 Å². The van der Waals surface area contributed by atoms with E-state index in [0.29, 0.717) is 17.1 Å². The molecule has 0 bridgehead atoms. The Hall–Kier alpha value is -1.34. The zero-order chi connectivity index (χ0) is 14.0. The number of azo groups is 1. The van der Waals surface area contributed by atoms with E-state index >= 15 is 0 Å². The number of nitrogens with two attached hydrogens (primary N) is 1. The van der Waals surface area contributed by atoms with Gasteiger partial charge in [-0.1, -0.05) is 15.9 Å². The SMILES string of the molecule is Cc1nc(N)nc(C)c1N=Nc1cc(Br)ccc1Br. The number of hydrogen-bond donors (Lipinski definition) is 1. The van der Waals surface area contributed by atoms with Crippen LogP contribution in [0.5, 0.6) is 0 Å². The molecule has 98 valence electrons. The maximum absolute atomic E-state index is 5.57. The van der Waals surface area contributed by atoms with Gasteiger partial charge < -0.3 is 5.73 Å². The number of halogens is 2. The molecule has 1 aromatic carbocycles. The van der Waals surface area contributed by atoms with Gasteiger partial charge in [0.15, 0.2) is 0 Å². The molecule has 0 aliphatic rings. The minimum absolute atomic E-state index is 0.248. The average Bonchev–Trinajstić information content (AvgIpc) is 2.32. The third-order valence-corrected chi connectivity index (χ3v) is 3.58. The summed E-state index contributed by atoms with van der Waals surface area (Å²) in [4.78, 5) is 8.16. The van der Waals surface area contributed by atoms with E-state index in [4.69, 9.17) is 5.73 Å². The zero-order valence-corrected chi connectivity index (χ0v) is 13.5. The summed E-state index contributed by atoms with van der Waals surface area (Å²) >= 11 is 6.82. The first kappa shape index (κ1) is 14.1. The van der Waals surface area contributed by atoms with Crippen LogP contribution in [0.3, 0.4) is 0 Å². The van der Waals surface area contributed by atoms with Gasteiger partial charge in [-0.3, -0.25) is 0 Å². The van der Waals surface area contributed by atoms with Crippen molar-refractivity contribution in [1.29, 1.82) is 0 Å². The second kappa shape index (κ2) is 5.75. The Kier molecular flexibility index (Phi) is 4.26. The van der Waals surface area contributed by atoms with E-state index in [0.717, 1.165) is 14.6 Å². The molecular formula is C12H11Br2N5. The lowest BCUT2D eigenvalue weighted by Gasteiger charge is -2.03. The van der Waals surface area contributed by atoms with Gasteiger partial charge in [0.25, 0.3) is 0 Å². The molecule has 0 fully saturated rings. The molecule has 0 aliphatic carbocycles. The van der Waals surface area contributed by atoms with Gasteiger partial charge in [0.1, 0.15) is 11.4 Å². The van der Waals surface area contributed by atoms with E-state index < -0.39 is 0 Å². The number of rotatable bonds is 2. The van der Waals surface area contributed by atoms with Crippen molar-refractivity contribution < 1.29 is 0 Å². The predicted octanol–water partition coefficient (Wildman–Crippen LogP) is 4.62. The van der Waals surface area contributed by atoms with Crippen LogP contribution in [0.2, 0.25) is 0 Å². The largest absolute Gasteiger partial charge is 0.368 e. The summed E-state index contributed by atoms with van der Waals surface area (Å²) in [6.45, 7) is 3.66. The lowest BCUT2D eigenvalue weighted by Crippen LogP contribution is -1.98. The molecule has 0 unspecified atom stereocenters. The number of aromatic nitrogens is 2. The van der Waals surface area contributed by atoms with Crippen LogP contribution in [0.1, 0.15) is 11.4 Å². The fourth-order valence-electron chi connectivity index (χ4n) is 1.55. The monoisotopic (exact) mass is 383 g/mol. The molecule has 0 saturated heterocycles. The molecule has 7 heteroatoms. The summed E-state index contributed by atoms with van der Waals surface area (Å²) in [5, 5.41) is 8.43. The molecule has 0 aliphatic heterocycles. The Morgan fingerprint density at radius 3 is 2.32 bits per heavy atom. The van der Waals surface area contributed by atoms with Crippen LogP contribution >= 0.6 is 31.9 Å². The number of benzene rings is 1. The van der Waals surface area contributed by atoms with Crippen molar-refractivity contribution in [3.63, 3.8) is 0 Å². The quantitative estimate of drug-likeness (QED) is 0.767. The summed E-state index contributed by atoms with van der Waals surface area (Å²) in [5.74, 6) is 0.248. The lowest BCUT2D eigenvalue weighted by molar-refractivity contribution is 1.04. The maximum Gasteiger partial charge on any atom is 0.220 e. The smallest absolute Gasteiger partial charge is 0.220 e. The van der Waals surface area contributed by atoms with Crippen molar-refractivity contribution >= 4 is 49.2 Å². The summed E-state index contributed by atoms with van der Waals surface area (Å²) in [6.07, 6.45) is 0. The molecular weight excluding hydrogens is 374 g/mol. The Balaban J connectivity index is 2.41. The number of aryl methyl sites for hydroxylation is 2. The summed E-state index contributed by atoms with van der Waals surface area (Å²) < 4.78 is 1.80. The Bertz CT molecular complexity index is 632. The zero-order valence-electron chi connectivity index (χ0n) is 10.4. The first-order chi connectivity index (χ1) is 8.97. The van der Waals surface area contributed by atoms with E-state index in [1.54, 1.807) is 0 Å². The molecule has 0 spiro atoms. The molecule has 19 heavy (non-hydrogen) atoms. The number of nitrogens with zero attached hydrogens (tertiary/aromatic N) is 4. The van der Waals surface area contributed by atoms with E-state index in [1.807, 2.05) is 32.0 Å². The van der Waals surface area contributed by atoms with Crippen LogP contribution in [-0.4, -0.2) is 9.97 Å². The van der Waals surface area contributed by atoms with E-state index in [9.17, 15) is 0 Å². The second-order valence-corrected chi connectivity index (χ2v) is 5.67. The molecule has 0 saturated carbocycles. The molecule has 0 radical (unpaired) electrons. The van der Waals surface area contributed by atoms with Crippen molar-refractivity contribution in [2.45, 2.75) is 13.8 Å². The fourth-order valence-corrected chi connectivity index (χ4v) is 2.22. The minimum atomic E-state index is 0.248. The van der Waals surface area contributed by atoms with Gasteiger partial charge in [-0.05, 0) is 48.0 Å². The van der Waals surface area contributed by atoms with Crippen molar-refractivity contribution in [3.05, 3.63) is 38.5 Å². The molecule has 2 rings (SSSR count). The molecule has 2 N–H and O–H groups in total. The molecule has 1 heterocycles. The standard InChI is InChI=1S/C12H11Br2N5/c1-6-11(7(2)17-12(15)16-6)19-18-10-5-8(13)3-4-9(10)14/h3-5H,1-2H3,(H2,15,16,17). The normalized spacial score (nSPS) is 11.2. The highest BCUT2D eigenvalue weighted by atomic mass is 79.9. The van der Waals surface area contributed by atoms with E-state index in [2.05, 4.69) is 52.1 Å². The summed E-state index contributed by atoms with van der Waals surface area (Å²) in [6, 6.07) is 5.69. The highest BCUT2D eigenvalue weighted by molar-refractivity contribution is 9.11. The number of anilines is 1. The summed E-state index contributed by atoms with van der Waals surface area (Å²) in [5.41, 5.74) is 8.35. The van der Waals surface area contributed by atoms with Crippen molar-refractivity contribution in [1.82, 2.24) is 9.97 Å². The predicted molar refractivity (Wildman–Crippen MR) is 81.9 cm³/mol. The van der Waals surface area contributed by atoms with Crippen LogP contribution < -0.4 is 5.73 Å². The second-order valence-electron chi connectivity index (χ2n) is 3.90. The average molecular weight is 385 g/mol. The van der Waals surface area contributed by atoms with Gasteiger partial charge in [-0.25, -0.2) is 9.97 Å². The minimum Gasteiger partial charge on any atom is -0.368 e. The fraction of sp³-hybridized carbons (Fsp3) is 0.167. The van der Waals surface area contributed by atoms with Gasteiger partial charge in [-0.2, -0.15) is 0 Å². The lowest BCUT2D eigenvalue weighted by atomic mass is 10.3. The number of nitrogen functional groups attached to an aromatic ring is 1. The van der Waals surface area contributed by atoms with Crippen LogP contribution in [0.25, 0.3) is 0 Å². The third kappa shape index (κ3) is 3.36. The first-order valence-electron chi connectivity index (χ1n) is 5.45. The Morgan fingerprint density at radius 2 is 1.68 bits per heavy atom. The number of hydrogen-bond acceptors (Lipinski definition) is 5. The van der Waals surface area contributed by atoms with Crippen molar-refractivity contribution in [2.24, 2.45) is 10.2 Å². The molecule has 0 amide bonds. The molecule has 5 nitrogen and oxygen atoms in total. The Labute approximate surface area is 127 Å². The highest BCUT2D eigenvalue weighted by Gasteiger charge is 2.06. The van der Waals surface area contributed by atoms with Crippen molar-refractivity contribution in [2.75, 3.05) is 5.73 Å². The van der Waals surface area contributed by atoms with E-state index in [1.165, 1.54) is 0 Å². The van der Waals surface area contributed by atoms with E-state index in [-0.39, 0.29) is 5.95 Å². The van der Waals surface area contributed by atoms with Crippen molar-refractivity contribution in [3.8, 4) is 0 Å². The highest BCUT2D eigenvalue weighted by Crippen LogP contribution is 2.31. The van der Waals surface area contributed by atoms with Crippen LogP contribution in [-0.2, 0) is 0 Å². The third-order valence-electron chi connectivity index (χ3n) is 2.42. The van der Waals surface area contributed by atoms with Gasteiger partial charge in [0, 0.05) is 8.95 Å². The van der Waals surface area contributed by atoms with Gasteiger partial charge in [0.05, 0.1) is 11.4 Å². The van der Waals surface area contributed by atoms with Gasteiger partial charge in [-0.15, -0.1) is 10.2 Å². The first-order valence-corrected chi connectivity index (χ1v) is 7.03. The Morgan fingerprint density at radius 1 is 1.05 bits per heavy atom. The summed E-state index contributed by atoms with van der Waals surface area (Å²) in [7, 11) is 0.